The van der Waals surface area contributed by atoms with Crippen LogP contribution >= 0.6 is 12.4 Å². The number of rotatable bonds is 0. The van der Waals surface area contributed by atoms with Crippen molar-refractivity contribution in [3.63, 3.8) is 0 Å². The monoisotopic (exact) mass is 294 g/mol. The van der Waals surface area contributed by atoms with E-state index < -0.39 is 0 Å². The minimum absolute atomic E-state index is 0. The summed E-state index contributed by atoms with van der Waals surface area (Å²) in [5.41, 5.74) is 4.96. The molecule has 104 valence electrons. The van der Waals surface area contributed by atoms with Crippen LogP contribution in [0.4, 0.5) is 0 Å². The number of fused-ring (bicyclic) bond motifs is 5. The lowest BCUT2D eigenvalue weighted by Crippen LogP contribution is -2.31. The van der Waals surface area contributed by atoms with Gasteiger partial charge in [0, 0.05) is 6.42 Å². The normalized spacial score (nSPS) is 14.2. The Morgan fingerprint density at radius 3 is 2.57 bits per heavy atom. The standard InChI is InChI=1S/C19H14O.ClH/c20-15-9-11-17-14(12-15)8-10-19-16-6-2-1-4-13(16)5-3-7-18(17)19;/h1-11,20H,12H2;1H. The molecular formula is C19H15ClO. The third-order valence-corrected chi connectivity index (χ3v) is 3.98. The van der Waals surface area contributed by atoms with Crippen molar-refractivity contribution in [1.29, 1.82) is 0 Å². The lowest BCUT2D eigenvalue weighted by molar-refractivity contribution is 0.398. The molecule has 0 heterocycles. The molecule has 2 heteroatoms. The highest BCUT2D eigenvalue weighted by Gasteiger charge is 2.11. The van der Waals surface area contributed by atoms with Gasteiger partial charge in [-0.25, -0.2) is 0 Å². The fourth-order valence-corrected chi connectivity index (χ4v) is 3.02. The molecule has 2 aromatic carbocycles. The van der Waals surface area contributed by atoms with Crippen molar-refractivity contribution in [2.24, 2.45) is 0 Å². The predicted octanol–water partition coefficient (Wildman–Crippen LogP) is 3.36. The van der Waals surface area contributed by atoms with Gasteiger partial charge in [-0.05, 0) is 38.8 Å². The van der Waals surface area contributed by atoms with E-state index in [0.29, 0.717) is 12.2 Å². The average Bonchev–Trinajstić information content (AvgIpc) is 2.66. The Kier molecular flexibility index (Phi) is 3.44. The largest absolute Gasteiger partial charge is 0.512 e. The van der Waals surface area contributed by atoms with Crippen molar-refractivity contribution < 1.29 is 5.11 Å². The van der Waals surface area contributed by atoms with Gasteiger partial charge in [-0.3, -0.25) is 0 Å². The molecule has 0 atom stereocenters. The van der Waals surface area contributed by atoms with Crippen LogP contribution in [0.3, 0.4) is 0 Å². The molecule has 4 rings (SSSR count). The molecule has 0 fully saturated rings. The van der Waals surface area contributed by atoms with Gasteiger partial charge in [0.15, 0.2) is 0 Å². The van der Waals surface area contributed by atoms with Gasteiger partial charge in [0.1, 0.15) is 0 Å². The van der Waals surface area contributed by atoms with Gasteiger partial charge < -0.3 is 5.11 Å². The van der Waals surface area contributed by atoms with E-state index >= 15 is 0 Å². The number of hydrogen-bond acceptors (Lipinski definition) is 1. The smallest absolute Gasteiger partial charge is 0.0966 e. The minimum Gasteiger partial charge on any atom is -0.512 e. The second kappa shape index (κ2) is 5.27. The van der Waals surface area contributed by atoms with Crippen LogP contribution < -0.4 is 10.4 Å². The first kappa shape index (κ1) is 13.7. The Morgan fingerprint density at radius 2 is 1.67 bits per heavy atom. The lowest BCUT2D eigenvalue weighted by Gasteiger charge is -2.12. The highest BCUT2D eigenvalue weighted by Crippen LogP contribution is 2.23. The molecule has 0 aromatic heterocycles. The molecular weight excluding hydrogens is 280 g/mol. The molecule has 0 saturated heterocycles. The third kappa shape index (κ3) is 2.20. The average molecular weight is 295 g/mol. The number of benzene rings is 2. The van der Waals surface area contributed by atoms with E-state index in [0.717, 1.165) is 0 Å². The molecule has 0 radical (unpaired) electrons. The van der Waals surface area contributed by atoms with E-state index in [9.17, 15) is 5.11 Å². The number of allylic oxidation sites excluding steroid dienone is 3. The number of aliphatic hydroxyl groups is 1. The molecule has 0 spiro atoms. The summed E-state index contributed by atoms with van der Waals surface area (Å²) < 4.78 is 0. The van der Waals surface area contributed by atoms with Crippen LogP contribution in [0, 0.1) is 0 Å². The first-order valence-electron chi connectivity index (χ1n) is 6.82. The van der Waals surface area contributed by atoms with Crippen molar-refractivity contribution in [3.05, 3.63) is 75.9 Å². The molecule has 2 aliphatic carbocycles. The lowest BCUT2D eigenvalue weighted by atomic mass is 9.93. The zero-order valence-corrected chi connectivity index (χ0v) is 12.2. The van der Waals surface area contributed by atoms with E-state index in [4.69, 9.17) is 0 Å². The molecule has 0 amide bonds. The minimum atomic E-state index is 0. The van der Waals surface area contributed by atoms with E-state index in [-0.39, 0.29) is 12.4 Å². The molecule has 21 heavy (non-hydrogen) atoms. The molecule has 2 aliphatic rings. The second-order valence-corrected chi connectivity index (χ2v) is 5.21. The molecule has 2 aromatic rings. The van der Waals surface area contributed by atoms with Gasteiger partial charge in [0.2, 0.25) is 0 Å². The van der Waals surface area contributed by atoms with Gasteiger partial charge in [-0.15, -0.1) is 12.4 Å². The first-order chi connectivity index (χ1) is 9.83. The molecule has 1 N–H and O–H groups in total. The van der Waals surface area contributed by atoms with Crippen molar-refractivity contribution >= 4 is 30.6 Å². The number of aliphatic hydroxyl groups excluding tert-OH is 1. The molecule has 0 bridgehead atoms. The summed E-state index contributed by atoms with van der Waals surface area (Å²) >= 11 is 0. The van der Waals surface area contributed by atoms with Gasteiger partial charge in [-0.2, -0.15) is 0 Å². The van der Waals surface area contributed by atoms with Gasteiger partial charge in [0.25, 0.3) is 0 Å². The molecule has 0 aliphatic heterocycles. The van der Waals surface area contributed by atoms with Crippen LogP contribution in [0.1, 0.15) is 11.1 Å². The van der Waals surface area contributed by atoms with Crippen LogP contribution in [0.2, 0.25) is 0 Å². The van der Waals surface area contributed by atoms with Gasteiger partial charge >= 0.3 is 0 Å². The molecule has 0 unspecified atom stereocenters. The van der Waals surface area contributed by atoms with Crippen molar-refractivity contribution in [1.82, 2.24) is 0 Å². The Bertz CT molecular complexity index is 888. The summed E-state index contributed by atoms with van der Waals surface area (Å²) in [4.78, 5) is 0. The maximum absolute atomic E-state index is 9.68. The zero-order valence-electron chi connectivity index (χ0n) is 11.4. The van der Waals surface area contributed by atoms with Crippen LogP contribution in [-0.4, -0.2) is 5.11 Å². The fraction of sp³-hybridized carbons (Fsp3) is 0.0526. The maximum Gasteiger partial charge on any atom is 0.0966 e. The number of hydrogen-bond donors (Lipinski definition) is 1. The van der Waals surface area contributed by atoms with Gasteiger partial charge in [-0.1, -0.05) is 60.7 Å². The van der Waals surface area contributed by atoms with Crippen LogP contribution in [-0.2, 0) is 6.42 Å². The Balaban J connectivity index is 0.00000132. The summed E-state index contributed by atoms with van der Waals surface area (Å²) in [6.45, 7) is 0. The van der Waals surface area contributed by atoms with Crippen molar-refractivity contribution in [3.8, 4) is 11.1 Å². The third-order valence-electron chi connectivity index (χ3n) is 3.98. The fourth-order valence-electron chi connectivity index (χ4n) is 3.02. The summed E-state index contributed by atoms with van der Waals surface area (Å²) in [5.74, 6) is 0.432. The Labute approximate surface area is 129 Å². The highest BCUT2D eigenvalue weighted by atomic mass is 35.5. The second-order valence-electron chi connectivity index (χ2n) is 5.21. The quantitative estimate of drug-likeness (QED) is 0.790. The predicted molar refractivity (Wildman–Crippen MR) is 90.8 cm³/mol. The van der Waals surface area contributed by atoms with Crippen LogP contribution in [0.5, 0.6) is 0 Å². The van der Waals surface area contributed by atoms with Crippen LogP contribution in [0.15, 0.2) is 54.3 Å². The van der Waals surface area contributed by atoms with Crippen molar-refractivity contribution in [2.45, 2.75) is 6.42 Å². The van der Waals surface area contributed by atoms with E-state index in [1.165, 1.54) is 32.7 Å². The van der Waals surface area contributed by atoms with Gasteiger partial charge in [0.05, 0.1) is 5.76 Å². The summed E-state index contributed by atoms with van der Waals surface area (Å²) in [5, 5.41) is 12.1. The summed E-state index contributed by atoms with van der Waals surface area (Å²) in [6, 6.07) is 12.8. The van der Waals surface area contributed by atoms with E-state index in [1.54, 1.807) is 6.08 Å². The maximum atomic E-state index is 9.68. The molecule has 1 nitrogen and oxygen atoms in total. The summed E-state index contributed by atoms with van der Waals surface area (Å²) in [6.07, 6.45) is 10.9. The Hall–Kier alpha value is -2.25. The highest BCUT2D eigenvalue weighted by molar-refractivity contribution is 5.85. The topological polar surface area (TPSA) is 20.2 Å². The van der Waals surface area contributed by atoms with E-state index in [2.05, 4.69) is 54.6 Å². The summed E-state index contributed by atoms with van der Waals surface area (Å²) in [7, 11) is 0. The SMILES string of the molecule is Cl.OC1=CC=c2c(ccc3c2=CC=Cc2ccccc2-3)C1. The molecule has 0 saturated carbocycles. The first-order valence-corrected chi connectivity index (χ1v) is 6.82. The zero-order chi connectivity index (χ0) is 13.5. The van der Waals surface area contributed by atoms with Crippen molar-refractivity contribution in [2.75, 3.05) is 0 Å². The van der Waals surface area contributed by atoms with E-state index in [1.807, 2.05) is 6.08 Å². The number of halogens is 1. The Morgan fingerprint density at radius 1 is 0.810 bits per heavy atom. The van der Waals surface area contributed by atoms with Crippen LogP contribution in [0.25, 0.3) is 29.4 Å².